The summed E-state index contributed by atoms with van der Waals surface area (Å²) in [6.45, 7) is 4.98. The number of aromatic nitrogens is 1. The lowest BCUT2D eigenvalue weighted by Gasteiger charge is -2.15. The molecule has 2 aromatic rings. The third kappa shape index (κ3) is 3.39. The molecule has 20 heavy (non-hydrogen) atoms. The number of anilines is 2. The summed E-state index contributed by atoms with van der Waals surface area (Å²) in [4.78, 5) is 4.27. The molecule has 0 saturated carbocycles. The van der Waals surface area contributed by atoms with Crippen LogP contribution in [0.5, 0.6) is 5.75 Å². The van der Waals surface area contributed by atoms with Crippen LogP contribution >= 0.6 is 11.3 Å². The highest BCUT2D eigenvalue weighted by molar-refractivity contribution is 7.09. The van der Waals surface area contributed by atoms with E-state index in [0.717, 1.165) is 5.01 Å². The van der Waals surface area contributed by atoms with Gasteiger partial charge in [-0.3, -0.25) is 0 Å². The molecule has 1 aromatic carbocycles. The van der Waals surface area contributed by atoms with E-state index >= 15 is 0 Å². The number of hydrogen-bond acceptors (Lipinski definition) is 5. The molecule has 1 unspecified atom stereocenters. The van der Waals surface area contributed by atoms with Gasteiger partial charge in [0.1, 0.15) is 0 Å². The Kier molecular flexibility index (Phi) is 4.79. The zero-order valence-electron chi connectivity index (χ0n) is 11.5. The fourth-order valence-electron chi connectivity index (χ4n) is 1.82. The minimum absolute atomic E-state index is 0.214. The van der Waals surface area contributed by atoms with Gasteiger partial charge in [-0.2, -0.15) is 0 Å². The van der Waals surface area contributed by atoms with Crippen LogP contribution in [0.1, 0.15) is 24.8 Å². The van der Waals surface area contributed by atoms with Gasteiger partial charge in [0.25, 0.3) is 0 Å². The van der Waals surface area contributed by atoms with Crippen molar-refractivity contribution in [2.24, 2.45) is 0 Å². The molecule has 108 valence electrons. The van der Waals surface area contributed by atoms with Crippen molar-refractivity contribution in [2.75, 3.05) is 24.2 Å². The molecule has 1 atom stereocenters. The molecule has 3 N–H and O–H groups in total. The van der Waals surface area contributed by atoms with E-state index in [1.54, 1.807) is 23.6 Å². The quantitative estimate of drug-likeness (QED) is 0.801. The second kappa shape index (κ2) is 6.56. The predicted octanol–water partition coefficient (Wildman–Crippen LogP) is 3.48. The minimum Gasteiger partial charge on any atom is -0.491 e. The SMILES string of the molecule is CCOc1cc(NCC(C)c2nccs2)c(N)cc1F. The van der Waals surface area contributed by atoms with Crippen molar-refractivity contribution < 1.29 is 9.13 Å². The van der Waals surface area contributed by atoms with Crippen molar-refractivity contribution in [1.29, 1.82) is 0 Å². The molecular weight excluding hydrogens is 277 g/mol. The van der Waals surface area contributed by atoms with Crippen molar-refractivity contribution in [3.8, 4) is 5.75 Å². The summed E-state index contributed by atoms with van der Waals surface area (Å²) in [5.74, 6) is 0.0315. The van der Waals surface area contributed by atoms with E-state index in [1.165, 1.54) is 6.07 Å². The van der Waals surface area contributed by atoms with Gasteiger partial charge in [0.15, 0.2) is 11.6 Å². The molecule has 6 heteroatoms. The van der Waals surface area contributed by atoms with Crippen LogP contribution in [-0.2, 0) is 0 Å². The summed E-state index contributed by atoms with van der Waals surface area (Å²) < 4.78 is 18.8. The molecule has 0 bridgehead atoms. The predicted molar refractivity (Wildman–Crippen MR) is 81.0 cm³/mol. The van der Waals surface area contributed by atoms with E-state index in [4.69, 9.17) is 10.5 Å². The highest BCUT2D eigenvalue weighted by atomic mass is 32.1. The normalized spacial score (nSPS) is 12.2. The Morgan fingerprint density at radius 2 is 2.30 bits per heavy atom. The number of hydrogen-bond donors (Lipinski definition) is 2. The second-order valence-corrected chi connectivity index (χ2v) is 5.38. The lowest BCUT2D eigenvalue weighted by Crippen LogP contribution is -2.11. The largest absolute Gasteiger partial charge is 0.491 e. The zero-order valence-corrected chi connectivity index (χ0v) is 12.3. The first-order chi connectivity index (χ1) is 9.61. The Morgan fingerprint density at radius 3 is 2.95 bits per heavy atom. The van der Waals surface area contributed by atoms with Crippen LogP contribution in [0.3, 0.4) is 0 Å². The Balaban J connectivity index is 2.07. The fraction of sp³-hybridized carbons (Fsp3) is 0.357. The third-order valence-corrected chi connectivity index (χ3v) is 3.88. The van der Waals surface area contributed by atoms with E-state index in [2.05, 4.69) is 17.2 Å². The smallest absolute Gasteiger partial charge is 0.167 e. The molecule has 1 aromatic heterocycles. The van der Waals surface area contributed by atoms with Gasteiger partial charge in [0.2, 0.25) is 0 Å². The van der Waals surface area contributed by atoms with Gasteiger partial charge in [-0.25, -0.2) is 9.37 Å². The Labute approximate surface area is 121 Å². The number of halogens is 1. The minimum atomic E-state index is -0.442. The molecule has 0 fully saturated rings. The standard InChI is InChI=1S/C14H18FN3OS/c1-3-19-13-7-12(11(16)6-10(13)15)18-8-9(2)14-17-4-5-20-14/h4-7,9,18H,3,8,16H2,1-2H3. The van der Waals surface area contributed by atoms with Gasteiger partial charge >= 0.3 is 0 Å². The van der Waals surface area contributed by atoms with Crippen molar-refractivity contribution in [2.45, 2.75) is 19.8 Å². The van der Waals surface area contributed by atoms with Crippen molar-refractivity contribution in [3.05, 3.63) is 34.5 Å². The van der Waals surface area contributed by atoms with Gasteiger partial charge in [-0.15, -0.1) is 11.3 Å². The fourth-order valence-corrected chi connectivity index (χ4v) is 2.51. The molecule has 4 nitrogen and oxygen atoms in total. The first-order valence-electron chi connectivity index (χ1n) is 6.47. The number of ether oxygens (including phenoxy) is 1. The van der Waals surface area contributed by atoms with Crippen molar-refractivity contribution in [1.82, 2.24) is 4.98 Å². The number of rotatable bonds is 6. The van der Waals surface area contributed by atoms with Gasteiger partial charge in [0, 0.05) is 36.2 Å². The summed E-state index contributed by atoms with van der Waals surface area (Å²) in [6.07, 6.45) is 1.79. The lowest BCUT2D eigenvalue weighted by molar-refractivity contribution is 0.322. The van der Waals surface area contributed by atoms with Crippen LogP contribution in [0.4, 0.5) is 15.8 Å². The summed E-state index contributed by atoms with van der Waals surface area (Å²) in [5.41, 5.74) is 6.87. The topological polar surface area (TPSA) is 60.2 Å². The third-order valence-electron chi connectivity index (χ3n) is 2.88. The molecule has 0 aliphatic carbocycles. The van der Waals surface area contributed by atoms with Crippen LogP contribution in [-0.4, -0.2) is 18.1 Å². The summed E-state index contributed by atoms with van der Waals surface area (Å²) >= 11 is 1.62. The first kappa shape index (κ1) is 14.6. The van der Waals surface area contributed by atoms with Crippen LogP contribution in [0.25, 0.3) is 0 Å². The Bertz CT molecular complexity index is 560. The maximum absolute atomic E-state index is 13.6. The maximum atomic E-state index is 13.6. The van der Waals surface area contributed by atoms with Crippen molar-refractivity contribution in [3.63, 3.8) is 0 Å². The number of benzene rings is 1. The van der Waals surface area contributed by atoms with Gasteiger partial charge in [0.05, 0.1) is 23.0 Å². The van der Waals surface area contributed by atoms with Crippen LogP contribution in [0.2, 0.25) is 0 Å². The maximum Gasteiger partial charge on any atom is 0.167 e. The number of nitrogens with zero attached hydrogens (tertiary/aromatic N) is 1. The highest BCUT2D eigenvalue weighted by Crippen LogP contribution is 2.29. The van der Waals surface area contributed by atoms with E-state index in [9.17, 15) is 4.39 Å². The second-order valence-electron chi connectivity index (χ2n) is 4.46. The molecule has 2 rings (SSSR count). The Hall–Kier alpha value is -1.82. The monoisotopic (exact) mass is 295 g/mol. The highest BCUT2D eigenvalue weighted by Gasteiger charge is 2.12. The van der Waals surface area contributed by atoms with Crippen molar-refractivity contribution >= 4 is 22.7 Å². The number of nitrogens with two attached hydrogens (primary N) is 1. The molecular formula is C14H18FN3OS. The molecule has 0 saturated heterocycles. The Morgan fingerprint density at radius 1 is 1.50 bits per heavy atom. The number of thiazole rings is 1. The van der Waals surface area contributed by atoms with Crippen LogP contribution in [0.15, 0.2) is 23.7 Å². The molecule has 0 amide bonds. The summed E-state index contributed by atoms with van der Waals surface area (Å²) in [5, 5.41) is 6.23. The summed E-state index contributed by atoms with van der Waals surface area (Å²) in [7, 11) is 0. The number of nitrogen functional groups attached to an aromatic ring is 1. The molecule has 1 heterocycles. The first-order valence-corrected chi connectivity index (χ1v) is 7.34. The van der Waals surface area contributed by atoms with Gasteiger partial charge in [-0.1, -0.05) is 6.92 Å². The van der Waals surface area contributed by atoms with Gasteiger partial charge < -0.3 is 15.8 Å². The van der Waals surface area contributed by atoms with E-state index in [1.807, 2.05) is 12.3 Å². The van der Waals surface area contributed by atoms with E-state index < -0.39 is 5.82 Å². The van der Waals surface area contributed by atoms with Gasteiger partial charge in [-0.05, 0) is 6.92 Å². The number of nitrogens with one attached hydrogen (secondary N) is 1. The van der Waals surface area contributed by atoms with E-state index in [-0.39, 0.29) is 11.7 Å². The molecule has 0 radical (unpaired) electrons. The molecule has 0 aliphatic rings. The average Bonchev–Trinajstić information content (AvgIpc) is 2.94. The lowest BCUT2D eigenvalue weighted by atomic mass is 10.2. The molecule has 0 aliphatic heterocycles. The molecule has 0 spiro atoms. The van der Waals surface area contributed by atoms with Crippen LogP contribution < -0.4 is 15.8 Å². The van der Waals surface area contributed by atoms with E-state index in [0.29, 0.717) is 24.5 Å². The zero-order chi connectivity index (χ0) is 14.5. The summed E-state index contributed by atoms with van der Waals surface area (Å²) in [6, 6.07) is 2.88. The van der Waals surface area contributed by atoms with Crippen LogP contribution in [0, 0.1) is 5.82 Å². The average molecular weight is 295 g/mol.